The molecule has 1 unspecified atom stereocenters. The molecule has 0 spiro atoms. The van der Waals surface area contributed by atoms with Crippen LogP contribution >= 0.6 is 0 Å². The lowest BCUT2D eigenvalue weighted by atomic mass is 10.1. The Morgan fingerprint density at radius 2 is 2.13 bits per heavy atom. The van der Waals surface area contributed by atoms with Crippen molar-refractivity contribution in [1.29, 1.82) is 0 Å². The van der Waals surface area contributed by atoms with Gasteiger partial charge in [-0.05, 0) is 50.7 Å². The lowest BCUT2D eigenvalue weighted by Crippen LogP contribution is -2.34. The number of pyridine rings is 1. The molecule has 1 aliphatic carbocycles. The summed E-state index contributed by atoms with van der Waals surface area (Å²) in [5.74, 6) is 0.572. The molecule has 1 saturated heterocycles. The third kappa shape index (κ3) is 3.58. The molecule has 9 heteroatoms. The number of halogens is 1. The minimum Gasteiger partial charge on any atom is -0.349 e. The van der Waals surface area contributed by atoms with Gasteiger partial charge in [-0.1, -0.05) is 0 Å². The van der Waals surface area contributed by atoms with Gasteiger partial charge in [-0.25, -0.2) is 13.9 Å². The van der Waals surface area contributed by atoms with Gasteiger partial charge in [-0.3, -0.25) is 9.59 Å². The number of nitrogens with one attached hydrogen (secondary N) is 1. The van der Waals surface area contributed by atoms with Crippen LogP contribution in [-0.4, -0.2) is 37.7 Å². The predicted molar refractivity (Wildman–Crippen MR) is 114 cm³/mol. The molecule has 2 fully saturated rings. The summed E-state index contributed by atoms with van der Waals surface area (Å²) < 4.78 is 16.9. The molecule has 0 aromatic carbocycles. The van der Waals surface area contributed by atoms with E-state index >= 15 is 0 Å². The Kier molecular flexibility index (Phi) is 4.75. The van der Waals surface area contributed by atoms with Gasteiger partial charge >= 0.3 is 0 Å². The second-order valence-electron chi connectivity index (χ2n) is 8.59. The van der Waals surface area contributed by atoms with Crippen LogP contribution in [0.5, 0.6) is 0 Å². The van der Waals surface area contributed by atoms with Crippen molar-refractivity contribution in [3.8, 4) is 0 Å². The fourth-order valence-corrected chi connectivity index (χ4v) is 4.48. The van der Waals surface area contributed by atoms with Crippen LogP contribution in [0.1, 0.15) is 54.6 Å². The second kappa shape index (κ2) is 7.47. The quantitative estimate of drug-likeness (QED) is 0.680. The van der Waals surface area contributed by atoms with Crippen LogP contribution < -0.4 is 15.8 Å². The van der Waals surface area contributed by atoms with Crippen LogP contribution in [-0.2, 0) is 7.05 Å². The maximum atomic E-state index is 14.0. The van der Waals surface area contributed by atoms with Gasteiger partial charge < -0.3 is 14.8 Å². The van der Waals surface area contributed by atoms with E-state index in [-0.39, 0.29) is 23.6 Å². The van der Waals surface area contributed by atoms with E-state index in [0.717, 1.165) is 25.7 Å². The maximum absolute atomic E-state index is 14.0. The molecule has 8 nitrogen and oxygen atoms in total. The Labute approximate surface area is 178 Å². The molecule has 2 aliphatic rings. The fourth-order valence-electron chi connectivity index (χ4n) is 4.48. The first-order valence-corrected chi connectivity index (χ1v) is 10.7. The molecule has 0 radical (unpaired) electrons. The lowest BCUT2D eigenvalue weighted by Gasteiger charge is -2.26. The lowest BCUT2D eigenvalue weighted by molar-refractivity contribution is 0.0937. The third-order valence-corrected chi connectivity index (χ3v) is 6.37. The molecular formula is C22H25FN6O2. The van der Waals surface area contributed by atoms with E-state index in [0.29, 0.717) is 35.1 Å². The van der Waals surface area contributed by atoms with Gasteiger partial charge in [-0.2, -0.15) is 5.10 Å². The minimum atomic E-state index is -0.438. The van der Waals surface area contributed by atoms with Gasteiger partial charge in [0, 0.05) is 37.6 Å². The summed E-state index contributed by atoms with van der Waals surface area (Å²) in [5.41, 5.74) is 1.10. The van der Waals surface area contributed by atoms with Crippen LogP contribution in [0.25, 0.3) is 5.65 Å². The highest BCUT2D eigenvalue weighted by molar-refractivity contribution is 5.99. The number of amides is 1. The third-order valence-electron chi connectivity index (χ3n) is 6.37. The van der Waals surface area contributed by atoms with Crippen molar-refractivity contribution in [2.45, 2.75) is 44.7 Å². The van der Waals surface area contributed by atoms with E-state index in [4.69, 9.17) is 4.98 Å². The van der Waals surface area contributed by atoms with Crippen molar-refractivity contribution >= 4 is 17.4 Å². The van der Waals surface area contributed by atoms with Crippen LogP contribution in [0.3, 0.4) is 0 Å². The highest BCUT2D eigenvalue weighted by Crippen LogP contribution is 2.35. The maximum Gasteiger partial charge on any atom is 0.256 e. The average Bonchev–Trinajstić information content (AvgIpc) is 3.33. The topological polar surface area (TPSA) is 84.5 Å². The SMILES string of the molecule is CC(NC(=O)c1cnn2ccc(N3CCC[C@@H]3c3cc(F)cn(C)c3=O)nc12)C1CC1. The number of carbonyl (C=O) groups is 1. The Balaban J connectivity index is 1.48. The van der Waals surface area contributed by atoms with Crippen LogP contribution in [0.4, 0.5) is 10.2 Å². The Morgan fingerprint density at radius 1 is 1.32 bits per heavy atom. The zero-order valence-electron chi connectivity index (χ0n) is 17.6. The molecule has 162 valence electrons. The fraction of sp³-hybridized carbons (Fsp3) is 0.455. The van der Waals surface area contributed by atoms with Crippen LogP contribution in [0.2, 0.25) is 0 Å². The summed E-state index contributed by atoms with van der Waals surface area (Å²) in [6.07, 6.45) is 8.38. The van der Waals surface area contributed by atoms with E-state index in [2.05, 4.69) is 10.4 Å². The number of aromatic nitrogens is 4. The second-order valence-corrected chi connectivity index (χ2v) is 8.59. The number of rotatable bonds is 5. The molecule has 2 atom stereocenters. The van der Waals surface area contributed by atoms with Crippen molar-refractivity contribution in [3.63, 3.8) is 0 Å². The highest BCUT2D eigenvalue weighted by Gasteiger charge is 2.32. The number of aryl methyl sites for hydroxylation is 1. The number of fused-ring (bicyclic) bond motifs is 1. The monoisotopic (exact) mass is 424 g/mol. The highest BCUT2D eigenvalue weighted by atomic mass is 19.1. The van der Waals surface area contributed by atoms with E-state index in [1.54, 1.807) is 17.8 Å². The largest absolute Gasteiger partial charge is 0.349 e. The molecule has 1 amide bonds. The summed E-state index contributed by atoms with van der Waals surface area (Å²) in [4.78, 5) is 32.2. The molecule has 5 rings (SSSR count). The first-order valence-electron chi connectivity index (χ1n) is 10.7. The number of anilines is 1. The number of carbonyl (C=O) groups excluding carboxylic acids is 1. The summed E-state index contributed by atoms with van der Waals surface area (Å²) >= 11 is 0. The summed E-state index contributed by atoms with van der Waals surface area (Å²) in [6.45, 7) is 2.72. The number of hydrogen-bond donors (Lipinski definition) is 1. The summed E-state index contributed by atoms with van der Waals surface area (Å²) in [6, 6.07) is 2.99. The van der Waals surface area contributed by atoms with Gasteiger partial charge in [-0.15, -0.1) is 0 Å². The summed E-state index contributed by atoms with van der Waals surface area (Å²) in [5, 5.41) is 7.31. The van der Waals surface area contributed by atoms with E-state index in [9.17, 15) is 14.0 Å². The Hall–Kier alpha value is -3.23. The zero-order valence-corrected chi connectivity index (χ0v) is 17.6. The van der Waals surface area contributed by atoms with Gasteiger partial charge in [0.05, 0.1) is 12.2 Å². The molecule has 3 aromatic heterocycles. The minimum absolute atomic E-state index is 0.123. The standard InChI is InChI=1S/C22H25FN6O2/c1-13(14-5-6-14)25-21(30)17-11-24-29-9-7-19(26-20(17)29)28-8-3-4-18(28)16-10-15(23)12-27(2)22(16)31/h7,9-14,18H,3-6,8H2,1-2H3,(H,25,30)/t13?,18-/m1/s1. The zero-order chi connectivity index (χ0) is 21.7. The van der Waals surface area contributed by atoms with E-state index in [1.807, 2.05) is 17.9 Å². The molecule has 4 heterocycles. The van der Waals surface area contributed by atoms with Gasteiger partial charge in [0.25, 0.3) is 11.5 Å². The van der Waals surface area contributed by atoms with Crippen molar-refractivity contribution < 1.29 is 9.18 Å². The van der Waals surface area contributed by atoms with Gasteiger partial charge in [0.2, 0.25) is 0 Å². The molecule has 1 N–H and O–H groups in total. The van der Waals surface area contributed by atoms with E-state index < -0.39 is 5.82 Å². The predicted octanol–water partition coefficient (Wildman–Crippen LogP) is 2.44. The van der Waals surface area contributed by atoms with Gasteiger partial charge in [0.1, 0.15) is 17.2 Å². The normalized spacial score (nSPS) is 19.7. The van der Waals surface area contributed by atoms with Crippen molar-refractivity contribution in [2.75, 3.05) is 11.4 Å². The van der Waals surface area contributed by atoms with Crippen molar-refractivity contribution in [1.82, 2.24) is 24.5 Å². The smallest absolute Gasteiger partial charge is 0.256 e. The molecule has 1 aliphatic heterocycles. The van der Waals surface area contributed by atoms with Crippen molar-refractivity contribution in [2.24, 2.45) is 13.0 Å². The Morgan fingerprint density at radius 3 is 2.90 bits per heavy atom. The number of hydrogen-bond acceptors (Lipinski definition) is 5. The van der Waals surface area contributed by atoms with Crippen LogP contribution in [0.15, 0.2) is 35.5 Å². The molecule has 1 saturated carbocycles. The molecule has 3 aromatic rings. The van der Waals surface area contributed by atoms with Crippen molar-refractivity contribution in [3.05, 3.63) is 58.0 Å². The van der Waals surface area contributed by atoms with E-state index in [1.165, 1.54) is 23.0 Å². The molecule has 31 heavy (non-hydrogen) atoms. The number of nitrogens with zero attached hydrogens (tertiary/aromatic N) is 5. The van der Waals surface area contributed by atoms with Crippen LogP contribution in [0, 0.1) is 11.7 Å². The first-order chi connectivity index (χ1) is 14.9. The summed E-state index contributed by atoms with van der Waals surface area (Å²) in [7, 11) is 1.55. The average molecular weight is 424 g/mol. The van der Waals surface area contributed by atoms with Gasteiger partial charge in [0.15, 0.2) is 5.65 Å². The Bertz CT molecular complexity index is 1210. The molecular weight excluding hydrogens is 399 g/mol. The molecule has 0 bridgehead atoms. The first kappa shape index (κ1) is 19.7.